The van der Waals surface area contributed by atoms with Crippen molar-refractivity contribution in [3.63, 3.8) is 0 Å². The van der Waals surface area contributed by atoms with Gasteiger partial charge in [-0.2, -0.15) is 0 Å². The summed E-state index contributed by atoms with van der Waals surface area (Å²) < 4.78 is 0. The van der Waals surface area contributed by atoms with E-state index in [0.717, 1.165) is 24.1 Å². The molecule has 0 radical (unpaired) electrons. The summed E-state index contributed by atoms with van der Waals surface area (Å²) in [4.78, 5) is 4.11. The van der Waals surface area contributed by atoms with E-state index in [-0.39, 0.29) is 0 Å². The maximum Gasteiger partial charge on any atom is 0.129 e. The van der Waals surface area contributed by atoms with Crippen LogP contribution in [-0.2, 0) is 6.42 Å². The van der Waals surface area contributed by atoms with Crippen LogP contribution in [0.2, 0.25) is 5.15 Å². The Balaban J connectivity index is 2.60. The summed E-state index contributed by atoms with van der Waals surface area (Å²) in [7, 11) is 0. The Kier molecular flexibility index (Phi) is 1.81. The second-order valence-corrected chi connectivity index (χ2v) is 3.57. The number of nitrogens with zero attached hydrogens (tertiary/aromatic N) is 1. The molecule has 0 amide bonds. The van der Waals surface area contributed by atoms with E-state index in [9.17, 15) is 5.11 Å². The molecule has 1 aromatic heterocycles. The van der Waals surface area contributed by atoms with Crippen LogP contribution in [0.25, 0.3) is 0 Å². The third-order valence-corrected chi connectivity index (χ3v) is 2.53. The second kappa shape index (κ2) is 2.71. The number of hydrogen-bond donors (Lipinski definition) is 1. The van der Waals surface area contributed by atoms with Gasteiger partial charge in [0.2, 0.25) is 0 Å². The average Bonchev–Trinajstić information content (AvgIpc) is 2.33. The van der Waals surface area contributed by atoms with Gasteiger partial charge in [0.25, 0.3) is 0 Å². The molecule has 0 fully saturated rings. The van der Waals surface area contributed by atoms with Gasteiger partial charge in [0.15, 0.2) is 0 Å². The van der Waals surface area contributed by atoms with E-state index in [1.165, 1.54) is 5.56 Å². The minimum atomic E-state index is -0.405. The van der Waals surface area contributed by atoms with Gasteiger partial charge in [-0.25, -0.2) is 4.98 Å². The zero-order valence-electron chi connectivity index (χ0n) is 6.84. The van der Waals surface area contributed by atoms with Crippen molar-refractivity contribution in [1.82, 2.24) is 4.98 Å². The maximum atomic E-state index is 9.51. The fraction of sp³-hybridized carbons (Fsp3) is 0.444. The Morgan fingerprint density at radius 2 is 2.42 bits per heavy atom. The summed E-state index contributed by atoms with van der Waals surface area (Å²) in [6.45, 7) is 2.00. The molecule has 64 valence electrons. The average molecular weight is 184 g/mol. The first-order valence-electron chi connectivity index (χ1n) is 4.02. The molecule has 2 rings (SSSR count). The molecule has 1 aliphatic rings. The van der Waals surface area contributed by atoms with E-state index in [4.69, 9.17) is 11.6 Å². The third-order valence-electron chi connectivity index (χ3n) is 2.33. The highest BCUT2D eigenvalue weighted by Crippen LogP contribution is 2.32. The first kappa shape index (κ1) is 8.02. The standard InChI is InChI=1S/C9H10ClNO/c1-5-4-8(10)11-9-6(5)2-3-7(9)12/h4,7,12H,2-3H2,1H3/t7-/m1/s1. The van der Waals surface area contributed by atoms with Crippen LogP contribution in [0.4, 0.5) is 0 Å². The molecule has 1 atom stereocenters. The molecule has 1 N–H and O–H groups in total. The molecule has 1 aromatic rings. The van der Waals surface area contributed by atoms with Crippen LogP contribution in [0.3, 0.4) is 0 Å². The topological polar surface area (TPSA) is 33.1 Å². The highest BCUT2D eigenvalue weighted by molar-refractivity contribution is 6.29. The minimum Gasteiger partial charge on any atom is -0.387 e. The van der Waals surface area contributed by atoms with Crippen LogP contribution in [0.1, 0.15) is 29.3 Å². The molecule has 0 aliphatic heterocycles. The number of aliphatic hydroxyl groups is 1. The van der Waals surface area contributed by atoms with Crippen LogP contribution in [0, 0.1) is 6.92 Å². The first-order valence-corrected chi connectivity index (χ1v) is 4.40. The van der Waals surface area contributed by atoms with Crippen molar-refractivity contribution in [2.45, 2.75) is 25.9 Å². The van der Waals surface area contributed by atoms with Gasteiger partial charge >= 0.3 is 0 Å². The van der Waals surface area contributed by atoms with Crippen LogP contribution in [-0.4, -0.2) is 10.1 Å². The van der Waals surface area contributed by atoms with Crippen molar-refractivity contribution in [2.24, 2.45) is 0 Å². The Bertz CT molecular complexity index is 325. The minimum absolute atomic E-state index is 0.405. The summed E-state index contributed by atoms with van der Waals surface area (Å²) in [5.41, 5.74) is 3.09. The van der Waals surface area contributed by atoms with Gasteiger partial charge in [-0.15, -0.1) is 0 Å². The molecule has 1 aliphatic carbocycles. The lowest BCUT2D eigenvalue weighted by molar-refractivity contribution is 0.176. The molecule has 0 saturated carbocycles. The molecule has 0 aromatic carbocycles. The molecular weight excluding hydrogens is 174 g/mol. The Morgan fingerprint density at radius 1 is 1.67 bits per heavy atom. The quantitative estimate of drug-likeness (QED) is 0.625. The fourth-order valence-corrected chi connectivity index (χ4v) is 1.96. The highest BCUT2D eigenvalue weighted by Gasteiger charge is 2.23. The summed E-state index contributed by atoms with van der Waals surface area (Å²) in [5, 5.41) is 9.99. The molecule has 2 nitrogen and oxygen atoms in total. The first-order chi connectivity index (χ1) is 5.68. The Labute approximate surface area is 76.2 Å². The number of rotatable bonds is 0. The van der Waals surface area contributed by atoms with Crippen LogP contribution >= 0.6 is 11.6 Å². The Hall–Kier alpha value is -0.600. The zero-order valence-corrected chi connectivity index (χ0v) is 7.60. The number of aryl methyl sites for hydroxylation is 1. The molecule has 3 heteroatoms. The van der Waals surface area contributed by atoms with Gasteiger partial charge in [0, 0.05) is 0 Å². The van der Waals surface area contributed by atoms with Gasteiger partial charge in [0.05, 0.1) is 11.8 Å². The lowest BCUT2D eigenvalue weighted by Gasteiger charge is -2.05. The normalized spacial score (nSPS) is 21.1. The zero-order chi connectivity index (χ0) is 8.72. The number of pyridine rings is 1. The van der Waals surface area contributed by atoms with Crippen molar-refractivity contribution >= 4 is 11.6 Å². The van der Waals surface area contributed by atoms with Crippen molar-refractivity contribution in [2.75, 3.05) is 0 Å². The van der Waals surface area contributed by atoms with Crippen LogP contribution in [0.15, 0.2) is 6.07 Å². The molecule has 0 saturated heterocycles. The van der Waals surface area contributed by atoms with E-state index in [1.807, 2.05) is 13.0 Å². The monoisotopic (exact) mass is 183 g/mol. The van der Waals surface area contributed by atoms with Crippen molar-refractivity contribution < 1.29 is 5.11 Å². The van der Waals surface area contributed by atoms with Crippen molar-refractivity contribution in [3.05, 3.63) is 28.0 Å². The number of hydrogen-bond acceptors (Lipinski definition) is 2. The lowest BCUT2D eigenvalue weighted by atomic mass is 10.1. The molecule has 0 spiro atoms. The summed E-state index contributed by atoms with van der Waals surface area (Å²) in [6, 6.07) is 1.85. The molecule has 12 heavy (non-hydrogen) atoms. The van der Waals surface area contributed by atoms with Crippen molar-refractivity contribution in [3.8, 4) is 0 Å². The third kappa shape index (κ3) is 1.11. The van der Waals surface area contributed by atoms with Crippen molar-refractivity contribution in [1.29, 1.82) is 0 Å². The fourth-order valence-electron chi connectivity index (χ4n) is 1.70. The number of halogens is 1. The maximum absolute atomic E-state index is 9.51. The van der Waals surface area contributed by atoms with E-state index in [1.54, 1.807) is 0 Å². The number of fused-ring (bicyclic) bond motifs is 1. The predicted octanol–water partition coefficient (Wildman–Crippen LogP) is 2.02. The van der Waals surface area contributed by atoms with E-state index in [0.29, 0.717) is 5.15 Å². The predicted molar refractivity (Wildman–Crippen MR) is 47.3 cm³/mol. The highest BCUT2D eigenvalue weighted by atomic mass is 35.5. The number of aliphatic hydroxyl groups excluding tert-OH is 1. The van der Waals surface area contributed by atoms with Gasteiger partial charge in [0.1, 0.15) is 5.15 Å². The lowest BCUT2D eigenvalue weighted by Crippen LogP contribution is -1.96. The van der Waals surface area contributed by atoms with Crippen LogP contribution in [0.5, 0.6) is 0 Å². The largest absolute Gasteiger partial charge is 0.387 e. The molecular formula is C9H10ClNO. The van der Waals surface area contributed by atoms with E-state index < -0.39 is 6.10 Å². The van der Waals surface area contributed by atoms with E-state index >= 15 is 0 Å². The van der Waals surface area contributed by atoms with Gasteiger partial charge < -0.3 is 5.11 Å². The van der Waals surface area contributed by atoms with Gasteiger partial charge in [-0.3, -0.25) is 0 Å². The van der Waals surface area contributed by atoms with E-state index in [2.05, 4.69) is 4.98 Å². The van der Waals surface area contributed by atoms with Gasteiger partial charge in [-0.05, 0) is 37.0 Å². The molecule has 1 heterocycles. The summed E-state index contributed by atoms with van der Waals surface area (Å²) in [6.07, 6.45) is 1.30. The Morgan fingerprint density at radius 3 is 3.17 bits per heavy atom. The second-order valence-electron chi connectivity index (χ2n) is 3.18. The molecule has 0 bridgehead atoms. The summed E-state index contributed by atoms with van der Waals surface area (Å²) >= 11 is 5.77. The smallest absolute Gasteiger partial charge is 0.129 e. The summed E-state index contributed by atoms with van der Waals surface area (Å²) in [5.74, 6) is 0. The SMILES string of the molecule is Cc1cc(Cl)nc2c1CC[C@H]2O. The molecule has 0 unspecified atom stereocenters. The number of aromatic nitrogens is 1. The van der Waals surface area contributed by atoms with Gasteiger partial charge in [-0.1, -0.05) is 11.6 Å². The van der Waals surface area contributed by atoms with Crippen LogP contribution < -0.4 is 0 Å².